The van der Waals surface area contributed by atoms with Crippen molar-refractivity contribution in [1.29, 1.82) is 0 Å². The zero-order valence-corrected chi connectivity index (χ0v) is 13.5. The topological polar surface area (TPSA) is 81.3 Å². The van der Waals surface area contributed by atoms with Gasteiger partial charge in [0.15, 0.2) is 5.75 Å². The number of nitrogens with zero attached hydrogens (tertiary/aromatic N) is 1. The molecule has 0 aliphatic carbocycles. The van der Waals surface area contributed by atoms with Crippen LogP contribution in [0, 0.1) is 6.92 Å². The highest BCUT2D eigenvalue weighted by Gasteiger charge is 2.23. The molecule has 0 saturated heterocycles. The van der Waals surface area contributed by atoms with Crippen LogP contribution >= 0.6 is 0 Å². The molecule has 0 fully saturated rings. The number of H-pyrrole nitrogens is 1. The van der Waals surface area contributed by atoms with E-state index < -0.39 is 5.97 Å². The molecule has 0 bridgehead atoms. The number of rotatable bonds is 4. The Kier molecular flexibility index (Phi) is 4.04. The molecule has 1 N–H and O–H groups in total. The summed E-state index contributed by atoms with van der Waals surface area (Å²) in [6.07, 6.45) is 1.57. The highest BCUT2D eigenvalue weighted by molar-refractivity contribution is 6.13. The molecule has 0 aliphatic rings. The van der Waals surface area contributed by atoms with E-state index >= 15 is 0 Å². The fourth-order valence-electron chi connectivity index (χ4n) is 2.47. The first-order valence-corrected chi connectivity index (χ1v) is 7.35. The van der Waals surface area contributed by atoms with Crippen LogP contribution in [0.3, 0.4) is 0 Å². The molecule has 1 aromatic carbocycles. The molecule has 0 saturated carbocycles. The van der Waals surface area contributed by atoms with Gasteiger partial charge in [0.25, 0.3) is 0 Å². The highest BCUT2D eigenvalue weighted by Crippen LogP contribution is 2.34. The lowest BCUT2D eigenvalue weighted by molar-refractivity contribution is -0.131. The van der Waals surface area contributed by atoms with Crippen LogP contribution in [-0.4, -0.2) is 28.8 Å². The number of carbonyl (C=O) groups excluding carboxylic acids is 2. The summed E-state index contributed by atoms with van der Waals surface area (Å²) in [5.74, 6) is -0.0672. The highest BCUT2D eigenvalue weighted by atomic mass is 16.5. The maximum absolute atomic E-state index is 12.8. The number of hydrogen-bond acceptors (Lipinski definition) is 5. The normalized spacial score (nSPS) is 10.6. The quantitative estimate of drug-likeness (QED) is 0.589. The van der Waals surface area contributed by atoms with E-state index in [0.717, 1.165) is 5.56 Å². The van der Waals surface area contributed by atoms with Gasteiger partial charge in [0.1, 0.15) is 17.1 Å². The van der Waals surface area contributed by atoms with E-state index in [9.17, 15) is 9.59 Å². The summed E-state index contributed by atoms with van der Waals surface area (Å²) in [5, 5.41) is 0.598. The summed E-state index contributed by atoms with van der Waals surface area (Å²) in [5.41, 5.74) is 2.05. The Labute approximate surface area is 138 Å². The molecule has 0 spiro atoms. The third kappa shape index (κ3) is 2.86. The molecule has 0 radical (unpaired) electrons. The summed E-state index contributed by atoms with van der Waals surface area (Å²) in [6.45, 7) is 3.17. The molecular weight excluding hydrogens is 308 g/mol. The fraction of sp³-hybridized carbons (Fsp3) is 0.167. The number of aromatic nitrogens is 2. The van der Waals surface area contributed by atoms with Gasteiger partial charge >= 0.3 is 5.97 Å². The van der Waals surface area contributed by atoms with Gasteiger partial charge in [-0.2, -0.15) is 0 Å². The molecule has 2 aromatic heterocycles. The molecular formula is C18H16N2O4. The maximum Gasteiger partial charge on any atom is 0.308 e. The monoisotopic (exact) mass is 324 g/mol. The van der Waals surface area contributed by atoms with Crippen LogP contribution in [0.5, 0.6) is 11.5 Å². The summed E-state index contributed by atoms with van der Waals surface area (Å²) in [4.78, 5) is 31.4. The van der Waals surface area contributed by atoms with Crippen LogP contribution in [0.2, 0.25) is 0 Å². The Balaban J connectivity index is 2.19. The average molecular weight is 324 g/mol. The number of aryl methyl sites for hydroxylation is 1. The van der Waals surface area contributed by atoms with Crippen LogP contribution in [0.15, 0.2) is 36.5 Å². The first-order chi connectivity index (χ1) is 11.5. The van der Waals surface area contributed by atoms with E-state index in [-0.39, 0.29) is 22.9 Å². The minimum absolute atomic E-state index is 0.185. The Morgan fingerprint density at radius 3 is 2.62 bits per heavy atom. The van der Waals surface area contributed by atoms with Crippen LogP contribution in [0.4, 0.5) is 0 Å². The van der Waals surface area contributed by atoms with Crippen molar-refractivity contribution in [3.8, 4) is 11.5 Å². The Bertz CT molecular complexity index is 943. The maximum atomic E-state index is 12.8. The summed E-state index contributed by atoms with van der Waals surface area (Å²) < 4.78 is 10.5. The number of benzene rings is 1. The van der Waals surface area contributed by atoms with Crippen molar-refractivity contribution in [2.24, 2.45) is 0 Å². The van der Waals surface area contributed by atoms with E-state index in [1.54, 1.807) is 43.6 Å². The third-order valence-corrected chi connectivity index (χ3v) is 3.58. The number of fused-ring (bicyclic) bond motifs is 1. The predicted octanol–water partition coefficient (Wildman–Crippen LogP) is 3.04. The zero-order chi connectivity index (χ0) is 17.3. The van der Waals surface area contributed by atoms with Crippen LogP contribution in [0.25, 0.3) is 10.9 Å². The fourth-order valence-corrected chi connectivity index (χ4v) is 2.47. The second-order valence-corrected chi connectivity index (χ2v) is 5.38. The van der Waals surface area contributed by atoms with Crippen molar-refractivity contribution in [3.05, 3.63) is 53.5 Å². The number of esters is 1. The van der Waals surface area contributed by atoms with Crippen molar-refractivity contribution in [3.63, 3.8) is 0 Å². The number of methoxy groups -OCH3 is 1. The van der Waals surface area contributed by atoms with Crippen molar-refractivity contribution in [2.75, 3.05) is 7.11 Å². The van der Waals surface area contributed by atoms with Gasteiger partial charge in [-0.3, -0.25) is 14.6 Å². The van der Waals surface area contributed by atoms with Gasteiger partial charge in [-0.25, -0.2) is 0 Å². The van der Waals surface area contributed by atoms with Crippen LogP contribution < -0.4 is 9.47 Å². The van der Waals surface area contributed by atoms with E-state index in [2.05, 4.69) is 9.97 Å². The van der Waals surface area contributed by atoms with Crippen molar-refractivity contribution in [1.82, 2.24) is 9.97 Å². The molecule has 6 heteroatoms. The molecule has 3 aromatic rings. The number of pyridine rings is 1. The Hall–Kier alpha value is -3.15. The van der Waals surface area contributed by atoms with Crippen LogP contribution in [0.1, 0.15) is 28.7 Å². The van der Waals surface area contributed by atoms with Crippen molar-refractivity contribution >= 4 is 22.7 Å². The number of ether oxygens (including phenoxy) is 2. The standard InChI is InChI=1S/C18H16N2O4/c1-10-6-7-19-15(8-10)17(22)16-18(24-11(2)21)13-9-12(23-3)4-5-14(13)20-16/h4-9,20H,1-3H3. The molecule has 6 nitrogen and oxygen atoms in total. The molecule has 0 aliphatic heterocycles. The molecule has 0 unspecified atom stereocenters. The van der Waals surface area contributed by atoms with E-state index in [1.807, 2.05) is 6.92 Å². The van der Waals surface area contributed by atoms with E-state index in [0.29, 0.717) is 16.7 Å². The second kappa shape index (κ2) is 6.16. The van der Waals surface area contributed by atoms with Gasteiger partial charge < -0.3 is 14.5 Å². The molecule has 122 valence electrons. The number of hydrogen-bond donors (Lipinski definition) is 1. The summed E-state index contributed by atoms with van der Waals surface area (Å²) in [6, 6.07) is 8.73. The predicted molar refractivity (Wildman–Crippen MR) is 88.6 cm³/mol. The van der Waals surface area contributed by atoms with E-state index in [4.69, 9.17) is 9.47 Å². The first kappa shape index (κ1) is 15.7. The Morgan fingerprint density at radius 1 is 1.17 bits per heavy atom. The van der Waals surface area contributed by atoms with Gasteiger partial charge in [0.05, 0.1) is 12.6 Å². The summed E-state index contributed by atoms with van der Waals surface area (Å²) in [7, 11) is 1.54. The number of ketones is 1. The minimum atomic E-state index is -0.509. The van der Waals surface area contributed by atoms with Crippen molar-refractivity contribution in [2.45, 2.75) is 13.8 Å². The lowest BCUT2D eigenvalue weighted by Crippen LogP contribution is -2.09. The minimum Gasteiger partial charge on any atom is -0.497 e. The first-order valence-electron chi connectivity index (χ1n) is 7.35. The number of carbonyl (C=O) groups is 2. The van der Waals surface area contributed by atoms with Gasteiger partial charge in [-0.1, -0.05) is 0 Å². The smallest absolute Gasteiger partial charge is 0.308 e. The SMILES string of the molecule is COc1ccc2[nH]c(C(=O)c3cc(C)ccn3)c(OC(C)=O)c2c1. The van der Waals surface area contributed by atoms with Gasteiger partial charge in [0, 0.05) is 18.5 Å². The molecule has 2 heterocycles. The van der Waals surface area contributed by atoms with Gasteiger partial charge in [-0.15, -0.1) is 0 Å². The second-order valence-electron chi connectivity index (χ2n) is 5.38. The lowest BCUT2D eigenvalue weighted by Gasteiger charge is -2.05. The Morgan fingerprint density at radius 2 is 1.96 bits per heavy atom. The van der Waals surface area contributed by atoms with Crippen LogP contribution in [-0.2, 0) is 4.79 Å². The largest absolute Gasteiger partial charge is 0.497 e. The lowest BCUT2D eigenvalue weighted by atomic mass is 10.1. The molecule has 0 atom stereocenters. The summed E-state index contributed by atoms with van der Waals surface area (Å²) >= 11 is 0. The number of nitrogens with one attached hydrogen (secondary N) is 1. The van der Waals surface area contributed by atoms with Crippen molar-refractivity contribution < 1.29 is 19.1 Å². The molecule has 0 amide bonds. The molecule has 24 heavy (non-hydrogen) atoms. The zero-order valence-electron chi connectivity index (χ0n) is 13.5. The van der Waals surface area contributed by atoms with Gasteiger partial charge in [0.2, 0.25) is 5.78 Å². The number of aromatic amines is 1. The average Bonchev–Trinajstić information content (AvgIpc) is 2.91. The molecule has 3 rings (SSSR count). The van der Waals surface area contributed by atoms with E-state index in [1.165, 1.54) is 6.92 Å². The third-order valence-electron chi connectivity index (χ3n) is 3.58. The van der Waals surface area contributed by atoms with Gasteiger partial charge in [-0.05, 0) is 42.8 Å².